The molecule has 12 heteroatoms. The summed E-state index contributed by atoms with van der Waals surface area (Å²) < 4.78 is 56.1. The number of nitrogens with zero attached hydrogens (tertiary/aromatic N) is 3. The fraction of sp³-hybridized carbons (Fsp3) is 0.667. The molecule has 1 atom stereocenters. The Morgan fingerprint density at radius 1 is 1.08 bits per heavy atom. The number of hydrogen-bond donors (Lipinski definition) is 1. The smallest absolute Gasteiger partial charge is 0.417 e. The normalized spacial score (nSPS) is 18.4. The minimum absolute atomic E-state index is 0.131. The molecule has 2 heterocycles. The van der Waals surface area contributed by atoms with Gasteiger partial charge in [-0.25, -0.2) is 9.59 Å². The lowest BCUT2D eigenvalue weighted by molar-refractivity contribution is -0.137. The molecule has 1 aliphatic heterocycles. The highest BCUT2D eigenvalue weighted by Crippen LogP contribution is 2.39. The number of aromatic nitrogens is 2. The molecule has 1 N–H and O–H groups in total. The van der Waals surface area contributed by atoms with Crippen LogP contribution in [0.25, 0.3) is 11.0 Å². The van der Waals surface area contributed by atoms with Gasteiger partial charge in [0.05, 0.1) is 22.2 Å². The molecule has 9 nitrogen and oxygen atoms in total. The Balaban J connectivity index is 1.65. The maximum atomic E-state index is 14.2. The molecule has 1 aromatic carbocycles. The van der Waals surface area contributed by atoms with E-state index in [1.807, 2.05) is 0 Å². The maximum absolute atomic E-state index is 14.2. The van der Waals surface area contributed by atoms with Crippen molar-refractivity contribution in [1.29, 1.82) is 0 Å². The van der Waals surface area contributed by atoms with Crippen molar-refractivity contribution in [3.05, 3.63) is 33.7 Å². The van der Waals surface area contributed by atoms with E-state index in [-0.39, 0.29) is 23.8 Å². The van der Waals surface area contributed by atoms with E-state index >= 15 is 0 Å². The quantitative estimate of drug-likeness (QED) is 0.477. The first-order chi connectivity index (χ1) is 18.3. The van der Waals surface area contributed by atoms with Crippen LogP contribution in [0.1, 0.15) is 81.3 Å². The van der Waals surface area contributed by atoms with Crippen LogP contribution in [0.2, 0.25) is 0 Å². The Bertz CT molecular complexity index is 1270. The van der Waals surface area contributed by atoms with Crippen LogP contribution in [0.4, 0.5) is 18.0 Å². The number of benzene rings is 1. The molecule has 1 aromatic heterocycles. The van der Waals surface area contributed by atoms with Crippen molar-refractivity contribution in [3.8, 4) is 0 Å². The molecule has 0 radical (unpaired) electrons. The molecule has 2 fully saturated rings. The molecule has 4 rings (SSSR count). The van der Waals surface area contributed by atoms with Crippen LogP contribution in [0.5, 0.6) is 0 Å². The van der Waals surface area contributed by atoms with Gasteiger partial charge in [0.15, 0.2) is 0 Å². The molecule has 39 heavy (non-hydrogen) atoms. The topological polar surface area (TPSA) is 94.8 Å². The Labute approximate surface area is 225 Å². The van der Waals surface area contributed by atoms with Crippen LogP contribution in [-0.4, -0.2) is 64.5 Å². The molecule has 0 spiro atoms. The van der Waals surface area contributed by atoms with Gasteiger partial charge in [0.25, 0.3) is 5.91 Å². The first-order valence-corrected chi connectivity index (χ1v) is 13.4. The maximum Gasteiger partial charge on any atom is 0.417 e. The van der Waals surface area contributed by atoms with Crippen LogP contribution in [0.3, 0.4) is 0 Å². The Hall–Kier alpha value is -3.02. The van der Waals surface area contributed by atoms with E-state index in [4.69, 9.17) is 9.47 Å². The van der Waals surface area contributed by atoms with Gasteiger partial charge in [0.2, 0.25) is 0 Å². The van der Waals surface area contributed by atoms with Gasteiger partial charge in [-0.05, 0) is 71.4 Å². The van der Waals surface area contributed by atoms with Crippen LogP contribution in [-0.2, 0) is 22.2 Å². The summed E-state index contributed by atoms with van der Waals surface area (Å²) in [5, 5.41) is 2.70. The number of ether oxygens (including phenoxy) is 2. The fourth-order valence-electron chi connectivity index (χ4n) is 5.01. The van der Waals surface area contributed by atoms with Gasteiger partial charge in [0, 0.05) is 45.4 Å². The number of aryl methyl sites for hydroxylation is 1. The van der Waals surface area contributed by atoms with E-state index in [9.17, 15) is 27.6 Å². The summed E-state index contributed by atoms with van der Waals surface area (Å²) in [6, 6.07) is 1.45. The van der Waals surface area contributed by atoms with Gasteiger partial charge >= 0.3 is 18.0 Å². The number of amides is 2. The Morgan fingerprint density at radius 3 is 2.41 bits per heavy atom. The van der Waals surface area contributed by atoms with Crippen LogP contribution in [0, 0.1) is 0 Å². The number of fused-ring (bicyclic) bond motifs is 1. The number of halogens is 3. The zero-order valence-electron chi connectivity index (χ0n) is 22.9. The predicted octanol–water partition coefficient (Wildman–Crippen LogP) is 4.71. The standard InChI is InChI=1S/C27H37F3N4O5/c1-26(2,3)39-25(37)32-11-7-8-17(16-32)31-23(35)19-14-21-22(15-20(19)27(28,29)30)34(18-9-10-18)24(36)33(21)12-5-6-13-38-4/h14-15,17-18H,5-13,16H2,1-4H3,(H,31,35)/t17-/m1/s1. The second kappa shape index (κ2) is 11.2. The van der Waals surface area contributed by atoms with E-state index in [2.05, 4.69) is 5.32 Å². The van der Waals surface area contributed by atoms with Crippen LogP contribution in [0.15, 0.2) is 16.9 Å². The number of methoxy groups -OCH3 is 1. The Morgan fingerprint density at radius 2 is 1.79 bits per heavy atom. The first kappa shape index (κ1) is 29.0. The number of imidazole rings is 1. The minimum atomic E-state index is -4.80. The highest BCUT2D eigenvalue weighted by molar-refractivity contribution is 5.99. The summed E-state index contributed by atoms with van der Waals surface area (Å²) in [4.78, 5) is 40.5. The molecule has 2 amide bonds. The van der Waals surface area contributed by atoms with Crippen molar-refractivity contribution in [2.45, 2.75) is 89.7 Å². The van der Waals surface area contributed by atoms with Crippen LogP contribution < -0.4 is 11.0 Å². The summed E-state index contributed by atoms with van der Waals surface area (Å²) in [6.45, 7) is 6.61. The van der Waals surface area contributed by atoms with Crippen molar-refractivity contribution in [2.75, 3.05) is 26.8 Å². The lowest BCUT2D eigenvalue weighted by Gasteiger charge is -2.34. The van der Waals surface area contributed by atoms with Crippen molar-refractivity contribution >= 4 is 23.0 Å². The zero-order chi connectivity index (χ0) is 28.5. The average Bonchev–Trinajstić information content (AvgIpc) is 3.64. The first-order valence-electron chi connectivity index (χ1n) is 13.4. The number of nitrogens with one attached hydrogen (secondary N) is 1. The average molecular weight is 555 g/mol. The molecule has 0 unspecified atom stereocenters. The summed E-state index contributed by atoms with van der Waals surface area (Å²) in [5.74, 6) is -0.891. The van der Waals surface area contributed by atoms with E-state index in [0.717, 1.165) is 18.9 Å². The molecule has 2 aliphatic rings. The SMILES string of the molecule is COCCCCn1c(=O)n(C2CC2)c2cc(C(F)(F)F)c(C(=O)N[C@@H]3CCCN(C(=O)OC(C)(C)C)C3)cc21. The number of unbranched alkanes of at least 4 members (excludes halogenated alkanes) is 1. The predicted molar refractivity (Wildman–Crippen MR) is 139 cm³/mol. The van der Waals surface area contributed by atoms with Gasteiger partial charge in [-0.15, -0.1) is 0 Å². The summed E-state index contributed by atoms with van der Waals surface area (Å²) in [7, 11) is 1.58. The highest BCUT2D eigenvalue weighted by atomic mass is 19.4. The minimum Gasteiger partial charge on any atom is -0.444 e. The molecular weight excluding hydrogens is 517 g/mol. The van der Waals surface area contributed by atoms with Gasteiger partial charge < -0.3 is 19.7 Å². The number of carbonyl (C=O) groups excluding carboxylic acids is 2. The molecule has 1 saturated carbocycles. The Kier molecular flexibility index (Phi) is 8.34. The molecule has 0 bridgehead atoms. The number of rotatable bonds is 8. The number of hydrogen-bond acceptors (Lipinski definition) is 5. The lowest BCUT2D eigenvalue weighted by Crippen LogP contribution is -2.50. The molecule has 2 aromatic rings. The monoisotopic (exact) mass is 554 g/mol. The number of carbonyl (C=O) groups is 2. The third kappa shape index (κ3) is 6.77. The lowest BCUT2D eigenvalue weighted by atomic mass is 10.0. The van der Waals surface area contributed by atoms with Gasteiger partial charge in [-0.2, -0.15) is 13.2 Å². The van der Waals surface area contributed by atoms with Gasteiger partial charge in [0.1, 0.15) is 5.60 Å². The molecule has 1 aliphatic carbocycles. The fourth-order valence-corrected chi connectivity index (χ4v) is 5.01. The van der Waals surface area contributed by atoms with Crippen molar-refractivity contribution in [3.63, 3.8) is 0 Å². The van der Waals surface area contributed by atoms with E-state index in [0.29, 0.717) is 50.9 Å². The second-order valence-corrected chi connectivity index (χ2v) is 11.4. The summed E-state index contributed by atoms with van der Waals surface area (Å²) >= 11 is 0. The van der Waals surface area contributed by atoms with E-state index < -0.39 is 40.9 Å². The molecule has 1 saturated heterocycles. The third-order valence-electron chi connectivity index (χ3n) is 6.95. The van der Waals surface area contributed by atoms with Crippen molar-refractivity contribution in [2.24, 2.45) is 0 Å². The largest absolute Gasteiger partial charge is 0.444 e. The number of piperidine rings is 1. The summed E-state index contributed by atoms with van der Waals surface area (Å²) in [6.07, 6.45) is -1.52. The third-order valence-corrected chi connectivity index (χ3v) is 6.95. The van der Waals surface area contributed by atoms with Gasteiger partial charge in [-0.1, -0.05) is 0 Å². The van der Waals surface area contributed by atoms with E-state index in [1.54, 1.807) is 27.9 Å². The summed E-state index contributed by atoms with van der Waals surface area (Å²) in [5.41, 5.74) is -2.19. The van der Waals surface area contributed by atoms with E-state index in [1.165, 1.54) is 20.1 Å². The van der Waals surface area contributed by atoms with Crippen molar-refractivity contribution < 1.29 is 32.2 Å². The number of alkyl halides is 3. The van der Waals surface area contributed by atoms with Crippen molar-refractivity contribution in [1.82, 2.24) is 19.4 Å². The molecule has 216 valence electrons. The zero-order valence-corrected chi connectivity index (χ0v) is 22.9. The highest BCUT2D eigenvalue weighted by Gasteiger charge is 2.39. The van der Waals surface area contributed by atoms with Crippen LogP contribution >= 0.6 is 0 Å². The number of likely N-dealkylation sites (tertiary alicyclic amines) is 1. The second-order valence-electron chi connectivity index (χ2n) is 11.4. The molecular formula is C27H37F3N4O5. The van der Waals surface area contributed by atoms with Gasteiger partial charge in [-0.3, -0.25) is 13.9 Å².